The van der Waals surface area contributed by atoms with E-state index in [0.29, 0.717) is 11.5 Å². The smallest absolute Gasteiger partial charge is 0.237 e. The highest BCUT2D eigenvalue weighted by Crippen LogP contribution is 2.41. The quantitative estimate of drug-likeness (QED) is 0.0897. The van der Waals surface area contributed by atoms with E-state index in [1.54, 1.807) is 6.33 Å². The molecule has 0 atom stereocenters. The van der Waals surface area contributed by atoms with Crippen molar-refractivity contribution in [1.29, 1.82) is 5.26 Å². The molecule has 552 valence electrons. The molecule has 0 fully saturated rings. The summed E-state index contributed by atoms with van der Waals surface area (Å²) < 4.78 is 18.8. The van der Waals surface area contributed by atoms with Gasteiger partial charge in [-0.2, -0.15) is 5.26 Å². The highest BCUT2D eigenvalue weighted by molar-refractivity contribution is 7.30. The molecule has 0 aliphatic rings. The third-order valence-corrected chi connectivity index (χ3v) is 35.0. The van der Waals surface area contributed by atoms with Crippen LogP contribution in [-0.4, -0.2) is 49.4 Å². The summed E-state index contributed by atoms with van der Waals surface area (Å²) >= 11 is 1.86. The van der Waals surface area contributed by atoms with Gasteiger partial charge < -0.3 is 18.1 Å². The van der Waals surface area contributed by atoms with E-state index < -0.39 is 16.1 Å². The van der Waals surface area contributed by atoms with Crippen LogP contribution in [0.4, 0.5) is 0 Å². The lowest BCUT2D eigenvalue weighted by molar-refractivity contribution is 0.671. The fraction of sp³-hybridized carbons (Fsp3) is 0. The van der Waals surface area contributed by atoms with E-state index in [1.165, 1.54) is 89.7 Å². The van der Waals surface area contributed by atoms with Gasteiger partial charge in [-0.25, -0.2) is 15.0 Å². The summed E-state index contributed by atoms with van der Waals surface area (Å²) in [5.74, 6) is 0.605. The van der Waals surface area contributed by atoms with Crippen molar-refractivity contribution in [2.75, 3.05) is 0 Å². The highest BCUT2D eigenvalue weighted by Gasteiger charge is 2.48. The first-order valence-electron chi connectivity index (χ1n) is 39.8. The van der Waals surface area contributed by atoms with E-state index in [4.69, 9.17) is 19.4 Å². The molecule has 17 aromatic carbocycles. The Morgan fingerprint density at radius 1 is 0.280 bits per heavy atom. The lowest BCUT2D eigenvalue weighted by atomic mass is 10.1. The lowest BCUT2D eigenvalue weighted by Crippen LogP contribution is -2.76. The summed E-state index contributed by atoms with van der Waals surface area (Å²) in [5, 5.41) is 33.6. The monoisotopic (exact) mass is 1560 g/mol. The van der Waals surface area contributed by atoms with Gasteiger partial charge in [0.1, 0.15) is 22.9 Å². The molecule has 7 heterocycles. The summed E-state index contributed by atoms with van der Waals surface area (Å²) in [6.45, 7) is 0. The molecule has 0 saturated heterocycles. The average molecular weight is 1560 g/mol. The fourth-order valence-electron chi connectivity index (χ4n) is 19.4. The van der Waals surface area contributed by atoms with Gasteiger partial charge >= 0.3 is 0 Å². The van der Waals surface area contributed by atoms with Crippen molar-refractivity contribution < 1.29 is 4.42 Å². The normalized spacial score (nSPS) is 12.1. The minimum atomic E-state index is -3.21. The summed E-state index contributed by atoms with van der Waals surface area (Å²) in [6.07, 6.45) is 1.73. The zero-order valence-corrected chi connectivity index (χ0v) is 66.5. The van der Waals surface area contributed by atoms with Crippen molar-refractivity contribution in [2.24, 2.45) is 0 Å². The van der Waals surface area contributed by atoms with Gasteiger partial charge in [0.2, 0.25) is 14.0 Å². The van der Waals surface area contributed by atoms with Crippen LogP contribution in [0.25, 0.3) is 152 Å². The summed E-state index contributed by atoms with van der Waals surface area (Å²) in [4.78, 5) is 15.8. The van der Waals surface area contributed by atoms with Gasteiger partial charge in [0.05, 0.1) is 55.8 Å². The standard InChI is InChI=1S/C55H35N3OSi.C51H33N5SSi/c56-36-37-32-39(58-51-27-13-9-22-45(51)48-35-38(30-31-52(48)58)57-49-25-11-7-20-43(49)44-21-8-12-26-50(44)57)34-42(33-37)60(40-16-3-1-4-17-40,41-18-5-2-6-19-41)54-29-15-24-47-46-23-10-14-28-53(46)59-55(47)54;1-3-16-35(17-4-1)58(36-18-5-2-6-19-36,48-29-15-24-41-40-23-10-14-28-47(40)57-49(41)48)51-53-33-52-50(54-51)56-45-27-13-9-22-39(45)42-32-34(30-31-46(42)56)55-43-25-11-7-20-37(43)38-21-8-12-26-44(38)55/h1-35H;1-33H. The number of nitriles is 1. The molecular formula is C106H68N8OSSi2. The van der Waals surface area contributed by atoms with E-state index in [9.17, 15) is 5.26 Å². The molecule has 0 spiro atoms. The highest BCUT2D eigenvalue weighted by atomic mass is 32.1. The number of furan rings is 1. The molecule has 12 heteroatoms. The van der Waals surface area contributed by atoms with E-state index in [2.05, 4.69) is 419 Å². The van der Waals surface area contributed by atoms with E-state index >= 15 is 0 Å². The topological polar surface area (TPSA) is 95.3 Å². The molecule has 24 aromatic rings. The summed E-state index contributed by atoms with van der Waals surface area (Å²) in [6, 6.07) is 149. The SMILES string of the molecule is N#Cc1cc(-n2c3ccccc3c3cc(-n4c5ccccc5c5ccccc54)ccc32)cc([Si](c2ccccc2)(c2ccccc2)c2cccc3c2oc2ccccc23)c1.c1ccc([Si](c2ccccc2)(c2ncnc(-n3c4ccccc4c4cc(-n5c6ccccc6c6ccccc65)ccc43)n2)c2cccc3c2sc2ccccc23)cc1. The van der Waals surface area contributed by atoms with Crippen LogP contribution < -0.4 is 41.8 Å². The molecule has 0 unspecified atom stereocenters. The molecule has 0 radical (unpaired) electrons. The van der Waals surface area contributed by atoms with Crippen molar-refractivity contribution in [3.8, 4) is 29.1 Å². The number of hydrogen-bond donors (Lipinski definition) is 0. The van der Waals surface area contributed by atoms with E-state index in [1.807, 2.05) is 23.5 Å². The van der Waals surface area contributed by atoms with Crippen molar-refractivity contribution in [3.63, 3.8) is 0 Å². The maximum atomic E-state index is 10.9. The number of fused-ring (bicyclic) bond motifs is 18. The Kier molecular flexibility index (Phi) is 16.0. The molecule has 118 heavy (non-hydrogen) atoms. The number of benzene rings is 17. The zero-order valence-electron chi connectivity index (χ0n) is 63.7. The number of rotatable bonds is 12. The fourth-order valence-corrected chi connectivity index (χ4v) is 30.5. The van der Waals surface area contributed by atoms with Crippen LogP contribution in [0.5, 0.6) is 0 Å². The largest absolute Gasteiger partial charge is 0.456 e. The number of hydrogen-bond acceptors (Lipinski definition) is 6. The average Bonchev–Trinajstić information content (AvgIpc) is 1.30. The lowest BCUT2D eigenvalue weighted by Gasteiger charge is -2.34. The molecule has 7 aromatic heterocycles. The first kappa shape index (κ1) is 68.5. The van der Waals surface area contributed by atoms with Crippen molar-refractivity contribution in [2.45, 2.75) is 0 Å². The van der Waals surface area contributed by atoms with Gasteiger partial charge in [0, 0.05) is 91.1 Å². The Bertz CT molecular complexity index is 7990. The molecule has 0 aliphatic heterocycles. The predicted molar refractivity (Wildman–Crippen MR) is 496 cm³/mol. The molecule has 9 nitrogen and oxygen atoms in total. The maximum absolute atomic E-state index is 10.9. The minimum Gasteiger partial charge on any atom is -0.456 e. The summed E-state index contributed by atoms with van der Waals surface area (Å²) in [5.41, 5.74) is 15.3. The molecule has 0 aliphatic carbocycles. The van der Waals surface area contributed by atoms with Gasteiger partial charge in [-0.05, 0) is 139 Å². The van der Waals surface area contributed by atoms with E-state index in [0.717, 1.165) is 98.4 Å². The third kappa shape index (κ3) is 10.4. The Balaban J connectivity index is 0.000000138. The second kappa shape index (κ2) is 27.6. The third-order valence-electron chi connectivity index (χ3n) is 24.3. The molecule has 24 rings (SSSR count). The Labute approximate surface area is 684 Å². The first-order valence-corrected chi connectivity index (χ1v) is 44.7. The second-order valence-electron chi connectivity index (χ2n) is 30.4. The van der Waals surface area contributed by atoms with Crippen LogP contribution in [0.15, 0.2) is 417 Å². The summed E-state index contributed by atoms with van der Waals surface area (Å²) in [7, 11) is -6.38. The van der Waals surface area contributed by atoms with Gasteiger partial charge in [0.25, 0.3) is 0 Å². The number of aromatic nitrogens is 7. The Morgan fingerprint density at radius 3 is 1.18 bits per heavy atom. The van der Waals surface area contributed by atoms with Crippen LogP contribution in [0, 0.1) is 11.3 Å². The molecule has 0 saturated carbocycles. The molecular weight excluding hydrogens is 1490 g/mol. The number of thiophene rings is 1. The van der Waals surface area contributed by atoms with Crippen LogP contribution in [0.3, 0.4) is 0 Å². The molecule has 0 N–H and O–H groups in total. The predicted octanol–water partition coefficient (Wildman–Crippen LogP) is 20.8. The Morgan fingerprint density at radius 2 is 0.669 bits per heavy atom. The van der Waals surface area contributed by atoms with Crippen molar-refractivity contribution >= 4 is 199 Å². The van der Waals surface area contributed by atoms with E-state index in [-0.39, 0.29) is 0 Å². The van der Waals surface area contributed by atoms with Gasteiger partial charge in [-0.1, -0.05) is 303 Å². The van der Waals surface area contributed by atoms with Crippen LogP contribution >= 0.6 is 11.3 Å². The minimum absolute atomic E-state index is 0.605. The number of nitrogens with zero attached hydrogens (tertiary/aromatic N) is 8. The maximum Gasteiger partial charge on any atom is 0.237 e. The first-order chi connectivity index (χ1) is 58.5. The second-order valence-corrected chi connectivity index (χ2v) is 38.8. The van der Waals surface area contributed by atoms with Crippen LogP contribution in [-0.2, 0) is 0 Å². The Hall–Kier alpha value is -15.1. The zero-order chi connectivity index (χ0) is 78.0. The van der Waals surface area contributed by atoms with Gasteiger partial charge in [-0.3, -0.25) is 4.57 Å². The van der Waals surface area contributed by atoms with Crippen molar-refractivity contribution in [1.82, 2.24) is 33.2 Å². The van der Waals surface area contributed by atoms with Crippen LogP contribution in [0.2, 0.25) is 0 Å². The van der Waals surface area contributed by atoms with Gasteiger partial charge in [0.15, 0.2) is 8.07 Å². The molecule has 0 amide bonds. The number of para-hydroxylation sites is 8. The van der Waals surface area contributed by atoms with Crippen LogP contribution in [0.1, 0.15) is 5.56 Å². The van der Waals surface area contributed by atoms with Gasteiger partial charge in [-0.15, -0.1) is 11.3 Å². The molecule has 0 bridgehead atoms. The van der Waals surface area contributed by atoms with Crippen molar-refractivity contribution in [3.05, 3.63) is 418 Å².